The van der Waals surface area contributed by atoms with E-state index in [9.17, 15) is 13.2 Å². The maximum Gasteiger partial charge on any atom is 0.300 e. The van der Waals surface area contributed by atoms with Crippen molar-refractivity contribution in [3.63, 3.8) is 0 Å². The summed E-state index contributed by atoms with van der Waals surface area (Å²) in [6.45, 7) is 4.46. The summed E-state index contributed by atoms with van der Waals surface area (Å²) in [5, 5.41) is 0. The van der Waals surface area contributed by atoms with E-state index in [1.165, 1.54) is 18.2 Å². The molecule has 2 aromatic rings. The summed E-state index contributed by atoms with van der Waals surface area (Å²) in [4.78, 5) is 16.0. The minimum Gasteiger partial charge on any atom is -0.457 e. The Bertz CT molecular complexity index is 1080. The highest BCUT2D eigenvalue weighted by molar-refractivity contribution is 7.86. The Balaban J connectivity index is 1.44. The molecule has 0 spiro atoms. The number of aromatic nitrogens is 2. The van der Waals surface area contributed by atoms with Gasteiger partial charge in [-0.15, -0.1) is 0 Å². The van der Waals surface area contributed by atoms with Crippen LogP contribution in [0.4, 0.5) is 0 Å². The molecular formula is C21H26N2O7S. The van der Waals surface area contributed by atoms with Crippen LogP contribution in [0.2, 0.25) is 0 Å². The molecular weight excluding hydrogens is 424 g/mol. The third kappa shape index (κ3) is 5.15. The molecule has 2 aliphatic heterocycles. The zero-order chi connectivity index (χ0) is 22.0. The van der Waals surface area contributed by atoms with Crippen molar-refractivity contribution in [3.05, 3.63) is 51.9 Å². The second kappa shape index (κ2) is 9.07. The van der Waals surface area contributed by atoms with Gasteiger partial charge in [-0.1, -0.05) is 17.7 Å². The van der Waals surface area contributed by atoms with Gasteiger partial charge in [-0.05, 0) is 45.2 Å². The van der Waals surface area contributed by atoms with Crippen molar-refractivity contribution in [1.29, 1.82) is 0 Å². The van der Waals surface area contributed by atoms with Crippen LogP contribution in [0.1, 0.15) is 43.5 Å². The molecule has 1 aromatic carbocycles. The Morgan fingerprint density at radius 2 is 2.03 bits per heavy atom. The second-order valence-electron chi connectivity index (χ2n) is 7.78. The first-order chi connectivity index (χ1) is 14.8. The summed E-state index contributed by atoms with van der Waals surface area (Å²) in [5.74, 6) is 0. The van der Waals surface area contributed by atoms with Crippen LogP contribution in [-0.2, 0) is 30.3 Å². The van der Waals surface area contributed by atoms with Gasteiger partial charge in [0.25, 0.3) is 15.7 Å². The maximum absolute atomic E-state index is 12.4. The lowest BCUT2D eigenvalue weighted by Gasteiger charge is -2.26. The largest absolute Gasteiger partial charge is 0.457 e. The number of aryl methyl sites for hydroxylation is 1. The number of rotatable bonds is 7. The molecule has 0 aliphatic carbocycles. The van der Waals surface area contributed by atoms with Crippen molar-refractivity contribution >= 4 is 10.1 Å². The van der Waals surface area contributed by atoms with Crippen molar-refractivity contribution < 1.29 is 26.8 Å². The van der Waals surface area contributed by atoms with Crippen molar-refractivity contribution in [2.45, 2.75) is 63.0 Å². The third-order valence-electron chi connectivity index (χ3n) is 5.31. The predicted octanol–water partition coefficient (Wildman–Crippen LogP) is 2.32. The fraction of sp³-hybridized carbons (Fsp3) is 0.524. The molecule has 0 radical (unpaired) electrons. The molecule has 10 heteroatoms. The molecule has 0 N–H and O–H groups in total. The van der Waals surface area contributed by atoms with Gasteiger partial charge in [0.2, 0.25) is 0 Å². The van der Waals surface area contributed by atoms with Gasteiger partial charge in [-0.2, -0.15) is 13.4 Å². The lowest BCUT2D eigenvalue weighted by atomic mass is 10.2. The third-order valence-corrected chi connectivity index (χ3v) is 6.60. The van der Waals surface area contributed by atoms with E-state index in [2.05, 4.69) is 4.98 Å². The topological polar surface area (TPSA) is 106 Å². The molecule has 3 atom stereocenters. The maximum atomic E-state index is 12.4. The molecule has 168 valence electrons. The lowest BCUT2D eigenvalue weighted by molar-refractivity contribution is -0.187. The quantitative estimate of drug-likeness (QED) is 0.592. The van der Waals surface area contributed by atoms with Gasteiger partial charge in [0, 0.05) is 12.7 Å². The molecule has 0 amide bonds. The molecule has 3 unspecified atom stereocenters. The summed E-state index contributed by atoms with van der Waals surface area (Å²) < 4.78 is 49.1. The number of hydrogen-bond donors (Lipinski definition) is 0. The highest BCUT2D eigenvalue weighted by Crippen LogP contribution is 2.28. The smallest absolute Gasteiger partial charge is 0.300 e. The summed E-state index contributed by atoms with van der Waals surface area (Å²) in [5.41, 5.74) is 1.11. The molecule has 4 rings (SSSR count). The first kappa shape index (κ1) is 21.9. The molecule has 0 saturated carbocycles. The van der Waals surface area contributed by atoms with Crippen LogP contribution >= 0.6 is 0 Å². The van der Waals surface area contributed by atoms with Gasteiger partial charge in [0.15, 0.2) is 6.29 Å². The van der Waals surface area contributed by atoms with Gasteiger partial charge in [0.1, 0.15) is 12.7 Å². The summed E-state index contributed by atoms with van der Waals surface area (Å²) in [6.07, 6.45) is 1.51. The number of fused-ring (bicyclic) bond motifs is 1. The van der Waals surface area contributed by atoms with E-state index < -0.39 is 27.9 Å². The minimum atomic E-state index is -3.92. The summed E-state index contributed by atoms with van der Waals surface area (Å²) >= 11 is 0. The highest BCUT2D eigenvalue weighted by Gasteiger charge is 2.30. The monoisotopic (exact) mass is 450 g/mol. The van der Waals surface area contributed by atoms with E-state index in [-0.39, 0.29) is 23.8 Å². The molecule has 3 heterocycles. The van der Waals surface area contributed by atoms with Gasteiger partial charge < -0.3 is 14.2 Å². The van der Waals surface area contributed by atoms with E-state index in [1.807, 2.05) is 13.8 Å². The standard InChI is InChI=1S/C21H26N2O7S/c1-14-6-8-17(9-7-14)31(25,26)28-13-16-12-23-18(11-19(24)22-21(23)30-16)15(2)29-20-5-3-4-10-27-20/h6-9,11,15-16,20H,3-5,10,12-13H2,1-2H3. The predicted molar refractivity (Wildman–Crippen MR) is 110 cm³/mol. The van der Waals surface area contributed by atoms with Crippen molar-refractivity contribution in [3.8, 4) is 6.01 Å². The summed E-state index contributed by atoms with van der Waals surface area (Å²) in [6, 6.07) is 7.95. The average Bonchev–Trinajstić information content (AvgIpc) is 3.15. The van der Waals surface area contributed by atoms with Crippen LogP contribution in [0, 0.1) is 6.92 Å². The Kier molecular flexibility index (Phi) is 6.42. The molecule has 2 aliphatic rings. The fourth-order valence-corrected chi connectivity index (χ4v) is 4.58. The zero-order valence-electron chi connectivity index (χ0n) is 17.5. The van der Waals surface area contributed by atoms with E-state index in [4.69, 9.17) is 18.4 Å². The van der Waals surface area contributed by atoms with Crippen LogP contribution in [0.15, 0.2) is 40.0 Å². The van der Waals surface area contributed by atoms with Crippen LogP contribution in [0.3, 0.4) is 0 Å². The van der Waals surface area contributed by atoms with Gasteiger partial charge >= 0.3 is 6.01 Å². The Morgan fingerprint density at radius 3 is 2.74 bits per heavy atom. The first-order valence-electron chi connectivity index (χ1n) is 10.3. The molecule has 0 bridgehead atoms. The lowest BCUT2D eigenvalue weighted by Crippen LogP contribution is -2.26. The highest BCUT2D eigenvalue weighted by atomic mass is 32.2. The van der Waals surface area contributed by atoms with Gasteiger partial charge in [-0.25, -0.2) is 0 Å². The van der Waals surface area contributed by atoms with Crippen molar-refractivity contribution in [2.24, 2.45) is 0 Å². The van der Waals surface area contributed by atoms with E-state index in [0.29, 0.717) is 18.8 Å². The Hall–Kier alpha value is -2.27. The number of nitrogens with zero attached hydrogens (tertiary/aromatic N) is 2. The van der Waals surface area contributed by atoms with Crippen molar-refractivity contribution in [2.75, 3.05) is 13.2 Å². The minimum absolute atomic E-state index is 0.0800. The Labute approximate surface area is 181 Å². The molecule has 1 saturated heterocycles. The van der Waals surface area contributed by atoms with Crippen molar-refractivity contribution in [1.82, 2.24) is 9.55 Å². The van der Waals surface area contributed by atoms with Crippen LogP contribution in [0.25, 0.3) is 0 Å². The number of benzene rings is 1. The van der Waals surface area contributed by atoms with Crippen LogP contribution in [-0.4, -0.2) is 43.6 Å². The normalized spacial score (nSPS) is 22.0. The van der Waals surface area contributed by atoms with E-state index >= 15 is 0 Å². The Morgan fingerprint density at radius 1 is 1.26 bits per heavy atom. The SMILES string of the molecule is Cc1ccc(S(=O)(=O)OCC2Cn3c(C(C)OC4CCCCO4)cc(=O)nc3O2)cc1. The molecule has 9 nitrogen and oxygen atoms in total. The van der Waals surface area contributed by atoms with E-state index in [0.717, 1.165) is 24.8 Å². The first-order valence-corrected chi connectivity index (χ1v) is 11.7. The van der Waals surface area contributed by atoms with Crippen LogP contribution in [0.5, 0.6) is 6.01 Å². The van der Waals surface area contributed by atoms with E-state index in [1.54, 1.807) is 16.7 Å². The number of hydrogen-bond acceptors (Lipinski definition) is 8. The molecule has 31 heavy (non-hydrogen) atoms. The van der Waals surface area contributed by atoms with Gasteiger partial charge in [0.05, 0.1) is 23.2 Å². The number of ether oxygens (including phenoxy) is 3. The molecule has 1 aromatic heterocycles. The average molecular weight is 451 g/mol. The summed E-state index contributed by atoms with van der Waals surface area (Å²) in [7, 11) is -3.92. The van der Waals surface area contributed by atoms with Gasteiger partial charge in [-0.3, -0.25) is 13.5 Å². The second-order valence-corrected chi connectivity index (χ2v) is 9.39. The zero-order valence-corrected chi connectivity index (χ0v) is 18.3. The molecule has 1 fully saturated rings. The fourth-order valence-electron chi connectivity index (χ4n) is 3.64. The van der Waals surface area contributed by atoms with Crippen LogP contribution < -0.4 is 10.3 Å².